The van der Waals surface area contributed by atoms with Gasteiger partial charge in [-0.15, -0.1) is 0 Å². The summed E-state index contributed by atoms with van der Waals surface area (Å²) in [6.07, 6.45) is -1.46. The molecule has 6 nitrogen and oxygen atoms in total. The van der Waals surface area contributed by atoms with Gasteiger partial charge in [0.25, 0.3) is 0 Å². The quantitative estimate of drug-likeness (QED) is 0.343. The van der Waals surface area contributed by atoms with Crippen molar-refractivity contribution in [3.63, 3.8) is 0 Å². The molecule has 0 spiro atoms. The van der Waals surface area contributed by atoms with Crippen LogP contribution in [0.1, 0.15) is 13.3 Å². The maximum Gasteiger partial charge on any atom is 0.308 e. The number of esters is 1. The molecule has 1 N–H and O–H groups in total. The molecule has 0 saturated carbocycles. The zero-order valence-corrected chi connectivity index (χ0v) is 9.97. The number of carbonyl (C=O) groups is 1. The van der Waals surface area contributed by atoms with Crippen molar-refractivity contribution in [1.29, 1.82) is 0 Å². The van der Waals surface area contributed by atoms with Crippen molar-refractivity contribution >= 4 is 5.97 Å². The maximum absolute atomic E-state index is 10.9. The molecule has 0 heterocycles. The average Bonchev–Trinajstić information content (AvgIpc) is 2.28. The summed E-state index contributed by atoms with van der Waals surface area (Å²) < 4.78 is 19.4. The predicted molar refractivity (Wildman–Crippen MR) is 55.9 cm³/mol. The van der Waals surface area contributed by atoms with E-state index >= 15 is 0 Å². The molecule has 0 aliphatic heterocycles. The van der Waals surface area contributed by atoms with E-state index in [1.54, 1.807) is 14.0 Å². The van der Waals surface area contributed by atoms with E-state index in [-0.39, 0.29) is 13.2 Å². The first-order valence-corrected chi connectivity index (χ1v) is 5.05. The lowest BCUT2D eigenvalue weighted by atomic mass is 10.1. The average molecular weight is 236 g/mol. The Bertz CT molecular complexity index is 184. The minimum atomic E-state index is -0.890. The topological polar surface area (TPSA) is 74.2 Å². The second kappa shape index (κ2) is 9.53. The standard InChI is InChI=1S/C10H20O6/c1-8(9(11)6-10(12)14-3)16-7-15-5-4-13-2/h8-9,11H,4-7H2,1-3H3/t8-,9-/m0/s1. The Balaban J connectivity index is 3.54. The molecule has 0 bridgehead atoms. The molecule has 0 aromatic carbocycles. The fraction of sp³-hybridized carbons (Fsp3) is 0.900. The van der Waals surface area contributed by atoms with E-state index in [4.69, 9.17) is 14.2 Å². The van der Waals surface area contributed by atoms with Crippen LogP contribution < -0.4 is 0 Å². The first kappa shape index (κ1) is 15.3. The van der Waals surface area contributed by atoms with Crippen molar-refractivity contribution in [2.75, 3.05) is 34.2 Å². The minimum absolute atomic E-state index is 0.0583. The van der Waals surface area contributed by atoms with Crippen molar-refractivity contribution in [1.82, 2.24) is 0 Å². The summed E-state index contributed by atoms with van der Waals surface area (Å²) in [5.41, 5.74) is 0. The lowest BCUT2D eigenvalue weighted by Gasteiger charge is -2.18. The summed E-state index contributed by atoms with van der Waals surface area (Å²) in [6, 6.07) is 0. The Morgan fingerprint density at radius 3 is 2.56 bits per heavy atom. The molecule has 0 aliphatic carbocycles. The van der Waals surface area contributed by atoms with Crippen molar-refractivity contribution in [2.45, 2.75) is 25.6 Å². The van der Waals surface area contributed by atoms with Gasteiger partial charge in [0.1, 0.15) is 6.79 Å². The fourth-order valence-corrected chi connectivity index (χ4v) is 0.888. The third kappa shape index (κ3) is 7.58. The Kier molecular flexibility index (Phi) is 9.12. The van der Waals surface area contributed by atoms with Gasteiger partial charge in [-0.25, -0.2) is 0 Å². The number of ether oxygens (including phenoxy) is 4. The smallest absolute Gasteiger partial charge is 0.308 e. The van der Waals surface area contributed by atoms with Gasteiger partial charge in [0.05, 0.1) is 39.0 Å². The number of carbonyl (C=O) groups excluding carboxylic acids is 1. The SMILES string of the molecule is COCCOCO[C@@H](C)[C@@H](O)CC(=O)OC. The normalized spacial score (nSPS) is 14.5. The Morgan fingerprint density at radius 1 is 1.31 bits per heavy atom. The van der Waals surface area contributed by atoms with Crippen LogP contribution in [-0.4, -0.2) is 57.5 Å². The van der Waals surface area contributed by atoms with Crippen LogP contribution >= 0.6 is 0 Å². The van der Waals surface area contributed by atoms with Gasteiger partial charge in [0.2, 0.25) is 0 Å². The summed E-state index contributed by atoms with van der Waals surface area (Å²) in [5.74, 6) is -0.469. The van der Waals surface area contributed by atoms with E-state index in [9.17, 15) is 9.90 Å². The van der Waals surface area contributed by atoms with E-state index in [1.165, 1.54) is 7.11 Å². The predicted octanol–water partition coefficient (Wildman–Crippen LogP) is -0.0640. The zero-order chi connectivity index (χ0) is 12.4. The van der Waals surface area contributed by atoms with E-state index in [1.807, 2.05) is 0 Å². The summed E-state index contributed by atoms with van der Waals surface area (Å²) in [5, 5.41) is 9.52. The molecular formula is C10H20O6. The van der Waals surface area contributed by atoms with Crippen LogP contribution in [0, 0.1) is 0 Å². The van der Waals surface area contributed by atoms with Crippen LogP contribution in [0.4, 0.5) is 0 Å². The molecule has 0 aromatic rings. The molecule has 0 fully saturated rings. The van der Waals surface area contributed by atoms with Crippen LogP contribution in [0.5, 0.6) is 0 Å². The van der Waals surface area contributed by atoms with Crippen LogP contribution in [0.3, 0.4) is 0 Å². The molecule has 2 atom stereocenters. The van der Waals surface area contributed by atoms with Crippen LogP contribution in [0.25, 0.3) is 0 Å². The van der Waals surface area contributed by atoms with Gasteiger partial charge in [-0.1, -0.05) is 0 Å². The van der Waals surface area contributed by atoms with Crippen molar-refractivity contribution in [3.8, 4) is 0 Å². The molecule has 0 radical (unpaired) electrons. The second-order valence-electron chi connectivity index (χ2n) is 3.24. The molecule has 0 saturated heterocycles. The van der Waals surface area contributed by atoms with Crippen LogP contribution in [0.15, 0.2) is 0 Å². The minimum Gasteiger partial charge on any atom is -0.469 e. The van der Waals surface area contributed by atoms with Gasteiger partial charge >= 0.3 is 5.97 Å². The number of hydrogen-bond donors (Lipinski definition) is 1. The Hall–Kier alpha value is -0.690. The summed E-state index contributed by atoms with van der Waals surface area (Å²) in [4.78, 5) is 10.9. The summed E-state index contributed by atoms with van der Waals surface area (Å²) in [6.45, 7) is 2.63. The Labute approximate surface area is 95.4 Å². The van der Waals surface area contributed by atoms with Gasteiger partial charge in [0, 0.05) is 7.11 Å². The second-order valence-corrected chi connectivity index (χ2v) is 3.24. The third-order valence-electron chi connectivity index (χ3n) is 1.99. The summed E-state index contributed by atoms with van der Waals surface area (Å²) in [7, 11) is 2.85. The third-order valence-corrected chi connectivity index (χ3v) is 1.99. The highest BCUT2D eigenvalue weighted by molar-refractivity contribution is 5.69. The first-order chi connectivity index (χ1) is 7.61. The van der Waals surface area contributed by atoms with Gasteiger partial charge < -0.3 is 24.1 Å². The number of methoxy groups -OCH3 is 2. The highest BCUT2D eigenvalue weighted by Crippen LogP contribution is 2.04. The molecule has 16 heavy (non-hydrogen) atoms. The number of aliphatic hydroxyl groups is 1. The number of rotatable bonds is 9. The fourth-order valence-electron chi connectivity index (χ4n) is 0.888. The van der Waals surface area contributed by atoms with Crippen molar-refractivity contribution in [2.24, 2.45) is 0 Å². The van der Waals surface area contributed by atoms with Crippen molar-refractivity contribution < 1.29 is 28.8 Å². The molecule has 0 aromatic heterocycles. The molecule has 0 aliphatic rings. The van der Waals surface area contributed by atoms with Crippen LogP contribution in [0.2, 0.25) is 0 Å². The van der Waals surface area contributed by atoms with Gasteiger partial charge in [0.15, 0.2) is 0 Å². The highest BCUT2D eigenvalue weighted by Gasteiger charge is 2.18. The van der Waals surface area contributed by atoms with Gasteiger partial charge in [-0.3, -0.25) is 4.79 Å². The van der Waals surface area contributed by atoms with E-state index in [2.05, 4.69) is 4.74 Å². The molecular weight excluding hydrogens is 216 g/mol. The highest BCUT2D eigenvalue weighted by atomic mass is 16.7. The lowest BCUT2D eigenvalue weighted by Crippen LogP contribution is -2.29. The zero-order valence-electron chi connectivity index (χ0n) is 9.97. The van der Waals surface area contributed by atoms with Crippen LogP contribution in [-0.2, 0) is 23.7 Å². The lowest BCUT2D eigenvalue weighted by molar-refractivity contribution is -0.150. The monoisotopic (exact) mass is 236 g/mol. The largest absolute Gasteiger partial charge is 0.469 e. The number of aliphatic hydroxyl groups excluding tert-OH is 1. The van der Waals surface area contributed by atoms with Gasteiger partial charge in [-0.05, 0) is 6.92 Å². The van der Waals surface area contributed by atoms with Gasteiger partial charge in [-0.2, -0.15) is 0 Å². The molecule has 0 amide bonds. The van der Waals surface area contributed by atoms with E-state index in [0.29, 0.717) is 13.2 Å². The molecule has 96 valence electrons. The molecule has 0 rings (SSSR count). The Morgan fingerprint density at radius 2 is 2.00 bits per heavy atom. The number of hydrogen-bond acceptors (Lipinski definition) is 6. The van der Waals surface area contributed by atoms with Crippen molar-refractivity contribution in [3.05, 3.63) is 0 Å². The maximum atomic E-state index is 10.9. The van der Waals surface area contributed by atoms with E-state index in [0.717, 1.165) is 0 Å². The molecule has 0 unspecified atom stereocenters. The molecule has 6 heteroatoms. The summed E-state index contributed by atoms with van der Waals surface area (Å²) >= 11 is 0. The first-order valence-electron chi connectivity index (χ1n) is 5.05. The van der Waals surface area contributed by atoms with E-state index < -0.39 is 18.2 Å².